The zero-order chi connectivity index (χ0) is 13.3. The van der Waals surface area contributed by atoms with E-state index in [-0.39, 0.29) is 5.54 Å². The van der Waals surface area contributed by atoms with Gasteiger partial charge >= 0.3 is 0 Å². The van der Waals surface area contributed by atoms with E-state index in [1.165, 1.54) is 50.6 Å². The molecule has 1 aliphatic carbocycles. The van der Waals surface area contributed by atoms with E-state index in [2.05, 4.69) is 43.4 Å². The Morgan fingerprint density at radius 2 is 1.74 bits per heavy atom. The molecule has 0 bridgehead atoms. The summed E-state index contributed by atoms with van der Waals surface area (Å²) in [7, 11) is 0. The maximum absolute atomic E-state index is 3.65. The van der Waals surface area contributed by atoms with Gasteiger partial charge in [0.25, 0.3) is 0 Å². The second kappa shape index (κ2) is 5.28. The minimum atomic E-state index is 0.222. The number of nitrogens with one attached hydrogen (secondary N) is 1. The third-order valence-electron chi connectivity index (χ3n) is 5.40. The Labute approximate surface area is 117 Å². The van der Waals surface area contributed by atoms with E-state index < -0.39 is 0 Å². The highest BCUT2D eigenvalue weighted by Crippen LogP contribution is 2.37. The normalized spacial score (nSPS) is 35.5. The van der Waals surface area contributed by atoms with Gasteiger partial charge in [-0.15, -0.1) is 0 Å². The van der Waals surface area contributed by atoms with Crippen molar-refractivity contribution >= 4 is 0 Å². The first kappa shape index (κ1) is 13.2. The van der Waals surface area contributed by atoms with E-state index >= 15 is 0 Å². The Morgan fingerprint density at radius 3 is 2.32 bits per heavy atom. The fraction of sp³-hybridized carbons (Fsp3) is 0.667. The first-order valence-electron chi connectivity index (χ1n) is 8.03. The number of rotatable bonds is 2. The van der Waals surface area contributed by atoms with E-state index in [4.69, 9.17) is 0 Å². The van der Waals surface area contributed by atoms with Crippen LogP contribution in [0.2, 0.25) is 0 Å². The lowest BCUT2D eigenvalue weighted by Gasteiger charge is -2.28. The SMILES string of the molecule is CC1CCC(c2ccc(C3(C)CCCN3)cc2)CC1. The zero-order valence-electron chi connectivity index (χ0n) is 12.4. The van der Waals surface area contributed by atoms with Crippen molar-refractivity contribution in [2.75, 3.05) is 6.54 Å². The first-order valence-corrected chi connectivity index (χ1v) is 8.03. The van der Waals surface area contributed by atoms with Crippen molar-refractivity contribution in [1.29, 1.82) is 0 Å². The predicted molar refractivity (Wildman–Crippen MR) is 81.4 cm³/mol. The quantitative estimate of drug-likeness (QED) is 0.817. The lowest BCUT2D eigenvalue weighted by Crippen LogP contribution is -2.33. The highest BCUT2D eigenvalue weighted by molar-refractivity contribution is 5.31. The van der Waals surface area contributed by atoms with Gasteiger partial charge in [-0.1, -0.05) is 44.0 Å². The summed E-state index contributed by atoms with van der Waals surface area (Å²) in [5.41, 5.74) is 3.26. The van der Waals surface area contributed by atoms with E-state index in [1.807, 2.05) is 0 Å². The van der Waals surface area contributed by atoms with Crippen molar-refractivity contribution < 1.29 is 0 Å². The van der Waals surface area contributed by atoms with Gasteiger partial charge in [0, 0.05) is 5.54 Å². The van der Waals surface area contributed by atoms with E-state index in [9.17, 15) is 0 Å². The van der Waals surface area contributed by atoms with Crippen molar-refractivity contribution in [1.82, 2.24) is 5.32 Å². The summed E-state index contributed by atoms with van der Waals surface area (Å²) in [5, 5.41) is 3.65. The lowest BCUT2D eigenvalue weighted by atomic mass is 9.79. The van der Waals surface area contributed by atoms with E-state index in [0.29, 0.717) is 0 Å². The molecule has 0 radical (unpaired) electrons. The van der Waals surface area contributed by atoms with Gasteiger partial charge in [0.15, 0.2) is 0 Å². The van der Waals surface area contributed by atoms with Crippen LogP contribution in [-0.4, -0.2) is 6.54 Å². The molecule has 3 rings (SSSR count). The molecule has 19 heavy (non-hydrogen) atoms. The topological polar surface area (TPSA) is 12.0 Å². The molecule has 1 saturated carbocycles. The number of hydrogen-bond acceptors (Lipinski definition) is 1. The molecule has 0 amide bonds. The fourth-order valence-electron chi connectivity index (χ4n) is 3.86. The number of hydrogen-bond donors (Lipinski definition) is 1. The molecule has 1 aromatic carbocycles. The summed E-state index contributed by atoms with van der Waals surface area (Å²) < 4.78 is 0. The smallest absolute Gasteiger partial charge is 0.0406 e. The van der Waals surface area contributed by atoms with Crippen LogP contribution in [0, 0.1) is 5.92 Å². The van der Waals surface area contributed by atoms with Crippen LogP contribution >= 0.6 is 0 Å². The molecule has 1 saturated heterocycles. The minimum absolute atomic E-state index is 0.222. The molecular formula is C18H27N. The molecule has 1 heteroatoms. The molecule has 1 atom stereocenters. The third kappa shape index (κ3) is 2.72. The van der Waals surface area contributed by atoms with Crippen LogP contribution < -0.4 is 5.32 Å². The molecule has 1 heterocycles. The van der Waals surface area contributed by atoms with Gasteiger partial charge in [0.2, 0.25) is 0 Å². The van der Waals surface area contributed by atoms with Crippen LogP contribution in [0.3, 0.4) is 0 Å². The molecule has 1 N–H and O–H groups in total. The molecule has 2 fully saturated rings. The van der Waals surface area contributed by atoms with Gasteiger partial charge in [-0.3, -0.25) is 0 Å². The predicted octanol–water partition coefficient (Wildman–Crippen LogP) is 4.58. The Hall–Kier alpha value is -0.820. The molecule has 104 valence electrons. The van der Waals surface area contributed by atoms with Crippen LogP contribution in [0.4, 0.5) is 0 Å². The van der Waals surface area contributed by atoms with Crippen molar-refractivity contribution in [2.45, 2.75) is 63.8 Å². The van der Waals surface area contributed by atoms with Crippen molar-refractivity contribution in [3.05, 3.63) is 35.4 Å². The molecule has 1 unspecified atom stereocenters. The monoisotopic (exact) mass is 257 g/mol. The fourth-order valence-corrected chi connectivity index (χ4v) is 3.86. The maximum atomic E-state index is 3.65. The summed E-state index contributed by atoms with van der Waals surface area (Å²) in [6.07, 6.45) is 8.16. The van der Waals surface area contributed by atoms with Crippen molar-refractivity contribution in [3.8, 4) is 0 Å². The van der Waals surface area contributed by atoms with Gasteiger partial charge < -0.3 is 5.32 Å². The van der Waals surface area contributed by atoms with Gasteiger partial charge in [-0.2, -0.15) is 0 Å². The Morgan fingerprint density at radius 1 is 1.05 bits per heavy atom. The summed E-state index contributed by atoms with van der Waals surface area (Å²) >= 11 is 0. The van der Waals surface area contributed by atoms with E-state index in [0.717, 1.165) is 11.8 Å². The van der Waals surface area contributed by atoms with Crippen LogP contribution in [0.1, 0.15) is 69.4 Å². The standard InChI is InChI=1S/C18H27N/c1-14-4-6-15(7-5-14)16-8-10-17(11-9-16)18(2)12-3-13-19-18/h8-11,14-15,19H,3-7,12-13H2,1-2H3. The summed E-state index contributed by atoms with van der Waals surface area (Å²) in [6.45, 7) is 5.90. The maximum Gasteiger partial charge on any atom is 0.0406 e. The van der Waals surface area contributed by atoms with Gasteiger partial charge in [-0.25, -0.2) is 0 Å². The summed E-state index contributed by atoms with van der Waals surface area (Å²) in [5.74, 6) is 1.76. The first-order chi connectivity index (χ1) is 9.17. The van der Waals surface area contributed by atoms with Gasteiger partial charge in [0.05, 0.1) is 0 Å². The van der Waals surface area contributed by atoms with Gasteiger partial charge in [-0.05, 0) is 62.1 Å². The van der Waals surface area contributed by atoms with Crippen LogP contribution in [-0.2, 0) is 5.54 Å². The Bertz CT molecular complexity index is 406. The Balaban J connectivity index is 1.72. The average Bonchev–Trinajstić information content (AvgIpc) is 2.88. The van der Waals surface area contributed by atoms with Crippen LogP contribution in [0.15, 0.2) is 24.3 Å². The lowest BCUT2D eigenvalue weighted by molar-refractivity contribution is 0.347. The second-order valence-electron chi connectivity index (χ2n) is 6.94. The molecule has 1 aliphatic heterocycles. The minimum Gasteiger partial charge on any atom is -0.308 e. The molecule has 1 nitrogen and oxygen atoms in total. The van der Waals surface area contributed by atoms with E-state index in [1.54, 1.807) is 5.56 Å². The molecule has 0 spiro atoms. The Kier molecular flexibility index (Phi) is 3.66. The molecule has 0 aromatic heterocycles. The van der Waals surface area contributed by atoms with Crippen LogP contribution in [0.5, 0.6) is 0 Å². The van der Waals surface area contributed by atoms with Crippen molar-refractivity contribution in [2.24, 2.45) is 5.92 Å². The summed E-state index contributed by atoms with van der Waals surface area (Å²) in [4.78, 5) is 0. The zero-order valence-corrected chi connectivity index (χ0v) is 12.4. The van der Waals surface area contributed by atoms with Gasteiger partial charge in [0.1, 0.15) is 0 Å². The highest BCUT2D eigenvalue weighted by Gasteiger charge is 2.30. The van der Waals surface area contributed by atoms with Crippen molar-refractivity contribution in [3.63, 3.8) is 0 Å². The average molecular weight is 257 g/mol. The molecule has 1 aromatic rings. The third-order valence-corrected chi connectivity index (χ3v) is 5.40. The highest BCUT2D eigenvalue weighted by atomic mass is 15.0. The number of benzene rings is 1. The largest absolute Gasteiger partial charge is 0.308 e. The molecule has 2 aliphatic rings. The summed E-state index contributed by atoms with van der Waals surface area (Å²) in [6, 6.07) is 9.51. The van der Waals surface area contributed by atoms with Crippen LogP contribution in [0.25, 0.3) is 0 Å². The molecular weight excluding hydrogens is 230 g/mol. The second-order valence-corrected chi connectivity index (χ2v) is 6.94.